The summed E-state index contributed by atoms with van der Waals surface area (Å²) in [6, 6.07) is 8.92. The fourth-order valence-electron chi connectivity index (χ4n) is 2.53. The molecular formula is C17H13ClF3NO2. The van der Waals surface area contributed by atoms with E-state index in [1.54, 1.807) is 0 Å². The van der Waals surface area contributed by atoms with Gasteiger partial charge in [0, 0.05) is 5.56 Å². The summed E-state index contributed by atoms with van der Waals surface area (Å²) in [6.45, 7) is 0. The van der Waals surface area contributed by atoms with Crippen LogP contribution in [0.3, 0.4) is 0 Å². The molecule has 0 bridgehead atoms. The first-order valence-corrected chi connectivity index (χ1v) is 7.58. The van der Waals surface area contributed by atoms with Crippen LogP contribution in [0, 0.1) is 0 Å². The molecule has 2 N–H and O–H groups in total. The Bertz CT molecular complexity index is 783. The van der Waals surface area contributed by atoms with E-state index < -0.39 is 23.2 Å². The number of rotatable bonds is 3. The molecule has 7 heteroatoms. The number of phenols is 1. The number of nitrogens with one attached hydrogen (secondary N) is 1. The Kier molecular flexibility index (Phi) is 3.95. The summed E-state index contributed by atoms with van der Waals surface area (Å²) in [7, 11) is 0. The van der Waals surface area contributed by atoms with E-state index in [0.717, 1.165) is 12.1 Å². The Morgan fingerprint density at radius 2 is 1.75 bits per heavy atom. The lowest BCUT2D eigenvalue weighted by atomic mass is 10.0. The number of phenolic OH excluding ortho intramolecular Hbond substituents is 1. The van der Waals surface area contributed by atoms with Crippen molar-refractivity contribution in [2.45, 2.75) is 24.6 Å². The van der Waals surface area contributed by atoms with E-state index in [1.165, 1.54) is 30.3 Å². The Balaban J connectivity index is 1.79. The molecule has 1 aliphatic rings. The van der Waals surface area contributed by atoms with Gasteiger partial charge in [-0.15, -0.1) is 0 Å². The van der Waals surface area contributed by atoms with E-state index in [1.807, 2.05) is 0 Å². The molecule has 1 aliphatic carbocycles. The van der Waals surface area contributed by atoms with Crippen molar-refractivity contribution in [3.8, 4) is 5.75 Å². The van der Waals surface area contributed by atoms with Crippen LogP contribution < -0.4 is 5.32 Å². The number of carbonyl (C=O) groups excluding carboxylic acids is 1. The number of amides is 1. The van der Waals surface area contributed by atoms with Crippen molar-refractivity contribution in [3.05, 3.63) is 64.2 Å². The van der Waals surface area contributed by atoms with E-state index >= 15 is 0 Å². The minimum Gasteiger partial charge on any atom is -0.506 e. The van der Waals surface area contributed by atoms with E-state index in [2.05, 4.69) is 5.32 Å². The van der Waals surface area contributed by atoms with Crippen LogP contribution in [0.25, 0.3) is 0 Å². The van der Waals surface area contributed by atoms with Crippen molar-refractivity contribution < 1.29 is 23.1 Å². The molecule has 3 nitrogen and oxygen atoms in total. The van der Waals surface area contributed by atoms with Crippen LogP contribution in [-0.4, -0.2) is 11.0 Å². The number of alkyl halides is 3. The molecule has 1 saturated carbocycles. The zero-order valence-corrected chi connectivity index (χ0v) is 13.1. The van der Waals surface area contributed by atoms with E-state index in [4.69, 9.17) is 11.6 Å². The summed E-state index contributed by atoms with van der Waals surface area (Å²) in [5.41, 5.74) is -0.524. The van der Waals surface area contributed by atoms with Gasteiger partial charge in [0.15, 0.2) is 0 Å². The predicted molar refractivity (Wildman–Crippen MR) is 82.9 cm³/mol. The largest absolute Gasteiger partial charge is 0.506 e. The molecule has 0 atom stereocenters. The van der Waals surface area contributed by atoms with Crippen LogP contribution in [0.1, 0.15) is 34.3 Å². The van der Waals surface area contributed by atoms with Gasteiger partial charge in [-0.05, 0) is 48.7 Å². The Morgan fingerprint density at radius 1 is 1.12 bits per heavy atom. The van der Waals surface area contributed by atoms with E-state index in [9.17, 15) is 23.1 Å². The van der Waals surface area contributed by atoms with Crippen LogP contribution >= 0.6 is 11.6 Å². The zero-order valence-electron chi connectivity index (χ0n) is 12.3. The Labute approximate surface area is 141 Å². The van der Waals surface area contributed by atoms with Crippen LogP contribution in [0.2, 0.25) is 5.02 Å². The highest BCUT2D eigenvalue weighted by molar-refractivity contribution is 6.32. The van der Waals surface area contributed by atoms with E-state index in [-0.39, 0.29) is 16.3 Å². The predicted octanol–water partition coefficient (Wildman–Crippen LogP) is 4.48. The fourth-order valence-corrected chi connectivity index (χ4v) is 2.65. The maximum absolute atomic E-state index is 12.6. The summed E-state index contributed by atoms with van der Waals surface area (Å²) in [5, 5.41) is 12.5. The van der Waals surface area contributed by atoms with Crippen molar-refractivity contribution in [1.82, 2.24) is 5.32 Å². The van der Waals surface area contributed by atoms with Crippen LogP contribution in [-0.2, 0) is 11.7 Å². The third-order valence-corrected chi connectivity index (χ3v) is 4.40. The lowest BCUT2D eigenvalue weighted by Gasteiger charge is -2.19. The van der Waals surface area contributed by atoms with Crippen LogP contribution in [0.4, 0.5) is 13.2 Å². The second-order valence-electron chi connectivity index (χ2n) is 5.78. The molecule has 2 aromatic rings. The molecule has 3 rings (SSSR count). The molecule has 0 spiro atoms. The molecule has 2 aromatic carbocycles. The highest BCUT2D eigenvalue weighted by Gasteiger charge is 2.46. The number of benzene rings is 2. The van der Waals surface area contributed by atoms with E-state index in [0.29, 0.717) is 18.4 Å². The highest BCUT2D eigenvalue weighted by atomic mass is 35.5. The minimum absolute atomic E-state index is 0.135. The first-order chi connectivity index (χ1) is 11.2. The van der Waals surface area contributed by atoms with Gasteiger partial charge in [-0.25, -0.2) is 0 Å². The summed E-state index contributed by atoms with van der Waals surface area (Å²) >= 11 is 5.70. The van der Waals surface area contributed by atoms with Crippen LogP contribution in [0.15, 0.2) is 42.5 Å². The van der Waals surface area contributed by atoms with Crippen molar-refractivity contribution in [1.29, 1.82) is 0 Å². The molecule has 24 heavy (non-hydrogen) atoms. The van der Waals surface area contributed by atoms with Crippen molar-refractivity contribution >= 4 is 17.5 Å². The Morgan fingerprint density at radius 3 is 2.25 bits per heavy atom. The molecule has 0 unspecified atom stereocenters. The first-order valence-electron chi connectivity index (χ1n) is 7.20. The first kappa shape index (κ1) is 16.6. The molecule has 0 heterocycles. The van der Waals surface area contributed by atoms with Gasteiger partial charge < -0.3 is 10.4 Å². The third kappa shape index (κ3) is 3.19. The summed E-state index contributed by atoms with van der Waals surface area (Å²) < 4.78 is 37.9. The van der Waals surface area contributed by atoms with Crippen molar-refractivity contribution in [2.75, 3.05) is 0 Å². The molecule has 126 valence electrons. The monoisotopic (exact) mass is 355 g/mol. The maximum atomic E-state index is 12.6. The van der Waals surface area contributed by atoms with Gasteiger partial charge in [-0.2, -0.15) is 13.2 Å². The summed E-state index contributed by atoms with van der Waals surface area (Å²) in [4.78, 5) is 12.3. The molecule has 0 aromatic heterocycles. The number of hydrogen-bond donors (Lipinski definition) is 2. The van der Waals surface area contributed by atoms with Crippen molar-refractivity contribution in [2.24, 2.45) is 0 Å². The lowest BCUT2D eigenvalue weighted by Crippen LogP contribution is -2.34. The van der Waals surface area contributed by atoms with Gasteiger partial charge in [0.05, 0.1) is 16.1 Å². The number of hydrogen-bond acceptors (Lipinski definition) is 2. The second kappa shape index (κ2) is 5.70. The molecule has 1 amide bonds. The topological polar surface area (TPSA) is 49.3 Å². The summed E-state index contributed by atoms with van der Waals surface area (Å²) in [5.74, 6) is -0.622. The standard InChI is InChI=1S/C17H13ClF3NO2/c18-13-6-1-10(9-14(13)23)15(24)22-16(7-8-16)11-2-4-12(5-3-11)17(19,20)21/h1-6,9,23H,7-8H2,(H,22,24). The van der Waals surface area contributed by atoms with Gasteiger partial charge >= 0.3 is 6.18 Å². The molecule has 0 radical (unpaired) electrons. The molecule has 0 saturated heterocycles. The molecule has 0 aliphatic heterocycles. The fraction of sp³-hybridized carbons (Fsp3) is 0.235. The highest BCUT2D eigenvalue weighted by Crippen LogP contribution is 2.46. The lowest BCUT2D eigenvalue weighted by molar-refractivity contribution is -0.137. The smallest absolute Gasteiger partial charge is 0.416 e. The third-order valence-electron chi connectivity index (χ3n) is 4.08. The average Bonchev–Trinajstić information content (AvgIpc) is 3.30. The normalized spacial score (nSPS) is 15.8. The molecular weight excluding hydrogens is 343 g/mol. The maximum Gasteiger partial charge on any atom is 0.416 e. The summed E-state index contributed by atoms with van der Waals surface area (Å²) in [6.07, 6.45) is -3.10. The quantitative estimate of drug-likeness (QED) is 0.852. The van der Waals surface area contributed by atoms with Gasteiger partial charge in [0.2, 0.25) is 0 Å². The van der Waals surface area contributed by atoms with Gasteiger partial charge in [-0.3, -0.25) is 4.79 Å². The number of halogens is 4. The van der Waals surface area contributed by atoms with Gasteiger partial charge in [-0.1, -0.05) is 23.7 Å². The SMILES string of the molecule is O=C(NC1(c2ccc(C(F)(F)F)cc2)CC1)c1ccc(Cl)c(O)c1. The molecule has 1 fully saturated rings. The number of carbonyl (C=O) groups is 1. The minimum atomic E-state index is -4.39. The van der Waals surface area contributed by atoms with Crippen LogP contribution in [0.5, 0.6) is 5.75 Å². The Hall–Kier alpha value is -2.21. The van der Waals surface area contributed by atoms with Gasteiger partial charge in [0.1, 0.15) is 5.75 Å². The second-order valence-corrected chi connectivity index (χ2v) is 6.18. The zero-order chi connectivity index (χ0) is 17.5. The van der Waals surface area contributed by atoms with Crippen molar-refractivity contribution in [3.63, 3.8) is 0 Å². The number of aromatic hydroxyl groups is 1. The average molecular weight is 356 g/mol. The van der Waals surface area contributed by atoms with Gasteiger partial charge in [0.25, 0.3) is 5.91 Å².